The summed E-state index contributed by atoms with van der Waals surface area (Å²) in [6.07, 6.45) is 2.21. The number of aliphatic imine (C=N–C) groups is 1. The van der Waals surface area contributed by atoms with Crippen LogP contribution in [0.2, 0.25) is 0 Å². The Labute approximate surface area is 195 Å². The molecule has 1 aliphatic carbocycles. The van der Waals surface area contributed by atoms with E-state index in [1.54, 1.807) is 19.1 Å². The molecule has 33 heavy (non-hydrogen) atoms. The summed E-state index contributed by atoms with van der Waals surface area (Å²) in [6.45, 7) is 1.80. The highest BCUT2D eigenvalue weighted by Crippen LogP contribution is 2.44. The van der Waals surface area contributed by atoms with E-state index in [1.165, 1.54) is 23.9 Å². The number of allylic oxidation sites excluding steroid dienone is 1. The van der Waals surface area contributed by atoms with Gasteiger partial charge < -0.3 is 15.5 Å². The van der Waals surface area contributed by atoms with E-state index in [9.17, 15) is 14.0 Å². The minimum atomic E-state index is -0.531. The first-order valence-corrected chi connectivity index (χ1v) is 11.7. The van der Waals surface area contributed by atoms with E-state index >= 15 is 0 Å². The number of hydrogen-bond acceptors (Lipinski definition) is 5. The first-order valence-electron chi connectivity index (χ1n) is 10.9. The van der Waals surface area contributed by atoms with E-state index in [4.69, 9.17) is 0 Å². The van der Waals surface area contributed by atoms with Crippen LogP contribution >= 0.6 is 11.8 Å². The van der Waals surface area contributed by atoms with Gasteiger partial charge >= 0.3 is 0 Å². The molecule has 2 N–H and O–H groups in total. The molecule has 0 bridgehead atoms. The second kappa shape index (κ2) is 8.86. The molecule has 5 rings (SSSR count). The number of thioether (sulfide) groups is 1. The molecule has 1 fully saturated rings. The van der Waals surface area contributed by atoms with E-state index in [1.807, 2.05) is 40.6 Å². The fourth-order valence-corrected chi connectivity index (χ4v) is 4.98. The van der Waals surface area contributed by atoms with Crippen molar-refractivity contribution < 1.29 is 14.0 Å². The minimum absolute atomic E-state index is 0.0509. The van der Waals surface area contributed by atoms with Crippen molar-refractivity contribution in [2.24, 2.45) is 4.99 Å². The zero-order valence-corrected chi connectivity index (χ0v) is 18.9. The number of amidine groups is 1. The predicted molar refractivity (Wildman–Crippen MR) is 128 cm³/mol. The van der Waals surface area contributed by atoms with Crippen LogP contribution in [0.4, 0.5) is 10.1 Å². The van der Waals surface area contributed by atoms with Gasteiger partial charge in [0.2, 0.25) is 5.91 Å². The maximum absolute atomic E-state index is 13.7. The van der Waals surface area contributed by atoms with Crippen molar-refractivity contribution in [3.8, 4) is 0 Å². The van der Waals surface area contributed by atoms with Crippen molar-refractivity contribution in [2.45, 2.75) is 38.3 Å². The van der Waals surface area contributed by atoms with Crippen molar-refractivity contribution in [1.29, 1.82) is 0 Å². The largest absolute Gasteiger partial charge is 0.353 e. The highest BCUT2D eigenvalue weighted by atomic mass is 32.2. The van der Waals surface area contributed by atoms with E-state index in [0.717, 1.165) is 24.1 Å². The van der Waals surface area contributed by atoms with Crippen LogP contribution in [0.1, 0.15) is 37.8 Å². The lowest BCUT2D eigenvalue weighted by molar-refractivity contribution is -0.120. The third-order valence-electron chi connectivity index (χ3n) is 5.75. The summed E-state index contributed by atoms with van der Waals surface area (Å²) in [6, 6.07) is 15.1. The minimum Gasteiger partial charge on any atom is -0.353 e. The molecule has 0 radical (unpaired) electrons. The summed E-state index contributed by atoms with van der Waals surface area (Å²) in [4.78, 5) is 32.6. The average Bonchev–Trinajstić information content (AvgIpc) is 3.53. The van der Waals surface area contributed by atoms with Gasteiger partial charge in [-0.25, -0.2) is 9.38 Å². The van der Waals surface area contributed by atoms with Crippen molar-refractivity contribution in [2.75, 3.05) is 5.32 Å². The second-order valence-electron chi connectivity index (χ2n) is 8.28. The van der Waals surface area contributed by atoms with Gasteiger partial charge in [0.1, 0.15) is 5.82 Å². The molecule has 2 aliphatic heterocycles. The molecule has 0 aromatic heterocycles. The summed E-state index contributed by atoms with van der Waals surface area (Å²) < 4.78 is 13.7. The van der Waals surface area contributed by atoms with Gasteiger partial charge in [-0.15, -0.1) is 0 Å². The number of hydrogen-bond donors (Lipinski definition) is 2. The first kappa shape index (κ1) is 21.5. The van der Waals surface area contributed by atoms with Crippen LogP contribution in [-0.2, 0) is 9.59 Å². The molecule has 2 aromatic carbocycles. The van der Waals surface area contributed by atoms with Gasteiger partial charge in [-0.1, -0.05) is 42.1 Å². The van der Waals surface area contributed by atoms with Crippen LogP contribution in [0, 0.1) is 5.82 Å². The number of amides is 2. The summed E-state index contributed by atoms with van der Waals surface area (Å²) in [5.74, 6) is -0.686. The third-order valence-corrected chi connectivity index (χ3v) is 6.64. The quantitative estimate of drug-likeness (QED) is 0.652. The fraction of sp³-hybridized carbons (Fsp3) is 0.240. The maximum atomic E-state index is 13.7. The zero-order valence-electron chi connectivity index (χ0n) is 18.0. The van der Waals surface area contributed by atoms with Crippen LogP contribution in [0.25, 0.3) is 0 Å². The van der Waals surface area contributed by atoms with Crippen molar-refractivity contribution >= 4 is 34.4 Å². The summed E-state index contributed by atoms with van der Waals surface area (Å²) in [5.41, 5.74) is 3.24. The standard InChI is InChI=1S/C25H23FN4O2S/c1-15-22(24(32)29-18-5-3-2-4-6-18)23(16-7-9-17(26)10-8-16)30-20(14-33-25(30)27-15)13-21(31)28-19-11-12-19/h2-10,14,19,23H,11-13H2,1H3,(H,28,31)(H,29,32)/t23-/m1/s1. The number of carbonyl (C=O) groups excluding carboxylic acids is 2. The lowest BCUT2D eigenvalue weighted by atomic mass is 9.93. The van der Waals surface area contributed by atoms with E-state index in [-0.39, 0.29) is 30.1 Å². The Morgan fingerprint density at radius 3 is 2.55 bits per heavy atom. The number of anilines is 1. The molecule has 0 unspecified atom stereocenters. The van der Waals surface area contributed by atoms with Crippen LogP contribution in [-0.4, -0.2) is 27.9 Å². The third kappa shape index (κ3) is 4.57. The van der Waals surface area contributed by atoms with Gasteiger partial charge in [-0.3, -0.25) is 9.59 Å². The number of rotatable bonds is 6. The van der Waals surface area contributed by atoms with Gasteiger partial charge in [-0.05, 0) is 55.0 Å². The maximum Gasteiger partial charge on any atom is 0.255 e. The molecule has 0 spiro atoms. The van der Waals surface area contributed by atoms with E-state index in [0.29, 0.717) is 22.1 Å². The highest BCUT2D eigenvalue weighted by molar-refractivity contribution is 8.16. The Hall–Kier alpha value is -3.39. The SMILES string of the molecule is CC1=C(C(=O)Nc2ccccc2)[C@@H](c2ccc(F)cc2)N2C(CC(=O)NC3CC3)=CSC2=N1. The van der Waals surface area contributed by atoms with Crippen LogP contribution in [0.5, 0.6) is 0 Å². The van der Waals surface area contributed by atoms with Crippen LogP contribution in [0.15, 0.2) is 82.0 Å². The number of fused-ring (bicyclic) bond motifs is 1. The van der Waals surface area contributed by atoms with Crippen molar-refractivity contribution in [1.82, 2.24) is 10.2 Å². The van der Waals surface area contributed by atoms with Gasteiger partial charge in [0, 0.05) is 17.4 Å². The van der Waals surface area contributed by atoms with E-state index < -0.39 is 6.04 Å². The van der Waals surface area contributed by atoms with Gasteiger partial charge in [0.05, 0.1) is 23.7 Å². The number of nitrogens with one attached hydrogen (secondary N) is 2. The van der Waals surface area contributed by atoms with E-state index in [2.05, 4.69) is 15.6 Å². The Bertz CT molecular complexity index is 1190. The molecule has 8 heteroatoms. The lowest BCUT2D eigenvalue weighted by Gasteiger charge is -2.36. The number of carbonyl (C=O) groups is 2. The first-order chi connectivity index (χ1) is 16.0. The zero-order chi connectivity index (χ0) is 22.9. The number of benzene rings is 2. The number of halogens is 1. The second-order valence-corrected chi connectivity index (χ2v) is 9.12. The van der Waals surface area contributed by atoms with Gasteiger partial charge in [0.25, 0.3) is 5.91 Å². The average molecular weight is 463 g/mol. The Balaban J connectivity index is 1.50. The molecular weight excluding hydrogens is 439 g/mol. The fourth-order valence-electron chi connectivity index (χ4n) is 4.01. The Kier molecular flexibility index (Phi) is 5.76. The summed E-state index contributed by atoms with van der Waals surface area (Å²) in [5, 5.41) is 8.58. The molecule has 2 amide bonds. The monoisotopic (exact) mass is 462 g/mol. The van der Waals surface area contributed by atoms with Crippen LogP contribution < -0.4 is 10.6 Å². The summed E-state index contributed by atoms with van der Waals surface area (Å²) in [7, 11) is 0. The van der Waals surface area contributed by atoms with Gasteiger partial charge in [-0.2, -0.15) is 0 Å². The Morgan fingerprint density at radius 1 is 1.12 bits per heavy atom. The smallest absolute Gasteiger partial charge is 0.255 e. The Morgan fingerprint density at radius 2 is 1.85 bits per heavy atom. The molecule has 1 atom stereocenters. The molecule has 2 aromatic rings. The molecule has 2 heterocycles. The highest BCUT2D eigenvalue weighted by Gasteiger charge is 2.40. The number of para-hydroxylation sites is 1. The molecular formula is C25H23FN4O2S. The van der Waals surface area contributed by atoms with Crippen molar-refractivity contribution in [3.05, 3.63) is 88.4 Å². The topological polar surface area (TPSA) is 73.8 Å². The summed E-state index contributed by atoms with van der Waals surface area (Å²) >= 11 is 1.43. The predicted octanol–water partition coefficient (Wildman–Crippen LogP) is 4.71. The number of nitrogens with zero attached hydrogens (tertiary/aromatic N) is 2. The van der Waals surface area contributed by atoms with Crippen LogP contribution in [0.3, 0.4) is 0 Å². The normalized spacial score (nSPS) is 19.6. The molecule has 0 saturated heterocycles. The molecule has 168 valence electrons. The molecule has 1 saturated carbocycles. The molecule has 6 nitrogen and oxygen atoms in total. The van der Waals surface area contributed by atoms with Gasteiger partial charge in [0.15, 0.2) is 5.17 Å². The lowest BCUT2D eigenvalue weighted by Crippen LogP contribution is -2.39. The van der Waals surface area contributed by atoms with Crippen molar-refractivity contribution in [3.63, 3.8) is 0 Å². The molecule has 3 aliphatic rings.